The van der Waals surface area contributed by atoms with Crippen LogP contribution in [0.3, 0.4) is 0 Å². The molecule has 5 rings (SSSR count). The molecule has 5 N–H and O–H groups in total. The second-order valence-electron chi connectivity index (χ2n) is 9.30. The monoisotopic (exact) mass is 531 g/mol. The predicted octanol–water partition coefficient (Wildman–Crippen LogP) is 5.31. The number of carbonyl (C=O) groups excluding carboxylic acids is 1. The number of amidine groups is 1. The highest BCUT2D eigenvalue weighted by molar-refractivity contribution is 7.15. The molecule has 0 saturated heterocycles. The topological polar surface area (TPSA) is 139 Å². The largest absolute Gasteiger partial charge is 0.433 e. The van der Waals surface area contributed by atoms with E-state index in [4.69, 9.17) is 20.9 Å². The Labute approximate surface area is 214 Å². The lowest BCUT2D eigenvalue weighted by molar-refractivity contribution is -0.141. The number of primary amides is 1. The third kappa shape index (κ3) is 5.36. The fraction of sp³-hybridized carbons (Fsp3) is 0.375. The number of thiazole rings is 1. The summed E-state index contributed by atoms with van der Waals surface area (Å²) in [5.41, 5.74) is 5.70. The molecule has 0 atom stereocenters. The van der Waals surface area contributed by atoms with Gasteiger partial charge in [-0.15, -0.1) is 11.3 Å². The van der Waals surface area contributed by atoms with Gasteiger partial charge >= 0.3 is 12.3 Å². The van der Waals surface area contributed by atoms with E-state index in [0.717, 1.165) is 59.0 Å². The van der Waals surface area contributed by atoms with E-state index < -0.39 is 29.5 Å². The van der Waals surface area contributed by atoms with Crippen molar-refractivity contribution in [3.8, 4) is 10.4 Å². The van der Waals surface area contributed by atoms with E-state index in [1.807, 2.05) is 13.0 Å². The van der Waals surface area contributed by atoms with Crippen molar-refractivity contribution in [3.63, 3.8) is 0 Å². The highest BCUT2D eigenvalue weighted by Crippen LogP contribution is 2.58. The third-order valence-corrected chi connectivity index (χ3v) is 7.59. The molecule has 3 aromatic rings. The summed E-state index contributed by atoms with van der Waals surface area (Å²) in [6, 6.07) is 5.97. The molecule has 1 aromatic carbocycles. The summed E-state index contributed by atoms with van der Waals surface area (Å²) < 4.78 is 43.9. The fourth-order valence-electron chi connectivity index (χ4n) is 4.63. The molecule has 37 heavy (non-hydrogen) atoms. The van der Waals surface area contributed by atoms with E-state index in [1.54, 1.807) is 18.3 Å². The smallest absolute Gasteiger partial charge is 0.376 e. The Kier molecular flexibility index (Phi) is 6.26. The van der Waals surface area contributed by atoms with Crippen molar-refractivity contribution >= 4 is 35.1 Å². The number of anilines is 2. The average molecular weight is 532 g/mol. The van der Waals surface area contributed by atoms with Crippen LogP contribution >= 0.6 is 11.3 Å². The first-order chi connectivity index (χ1) is 17.5. The second kappa shape index (κ2) is 9.29. The maximum Gasteiger partial charge on any atom is 0.433 e. The number of nitrogens with two attached hydrogens (primary N) is 1. The van der Waals surface area contributed by atoms with Crippen molar-refractivity contribution in [1.29, 1.82) is 5.41 Å². The number of aromatic nitrogens is 3. The molecule has 1 amide bonds. The summed E-state index contributed by atoms with van der Waals surface area (Å²) in [5, 5.41) is 14.9. The molecule has 0 aliphatic heterocycles. The van der Waals surface area contributed by atoms with Gasteiger partial charge in [0.05, 0.1) is 10.4 Å². The molecule has 2 fully saturated rings. The van der Waals surface area contributed by atoms with Crippen molar-refractivity contribution < 1.29 is 22.7 Å². The van der Waals surface area contributed by atoms with Crippen LogP contribution in [0.4, 0.5) is 29.6 Å². The van der Waals surface area contributed by atoms with E-state index >= 15 is 0 Å². The first kappa shape index (κ1) is 24.9. The molecule has 2 aliphatic rings. The summed E-state index contributed by atoms with van der Waals surface area (Å²) in [4.78, 5) is 24.2. The molecule has 13 heteroatoms. The number of alkyl halides is 3. The number of nitrogens with zero attached hydrogens (tertiary/aromatic N) is 3. The van der Waals surface area contributed by atoms with Crippen LogP contribution in [0.25, 0.3) is 10.4 Å². The van der Waals surface area contributed by atoms with E-state index in [2.05, 4.69) is 20.6 Å². The number of amides is 1. The number of ether oxygens (including phenoxy) is 1. The van der Waals surface area contributed by atoms with Gasteiger partial charge in [-0.2, -0.15) is 13.2 Å². The fourth-order valence-corrected chi connectivity index (χ4v) is 5.84. The minimum absolute atomic E-state index is 0.157. The van der Waals surface area contributed by atoms with Crippen LogP contribution in [0.15, 0.2) is 36.7 Å². The number of aryl methyl sites for hydroxylation is 1. The number of halogens is 3. The number of carbonyl (C=O) groups is 1. The number of hydrogen-bond acceptors (Lipinski definition) is 8. The molecule has 0 bridgehead atoms. The molecule has 9 nitrogen and oxygen atoms in total. The number of hydrogen-bond donors (Lipinski definition) is 4. The number of rotatable bonds is 7. The highest BCUT2D eigenvalue weighted by atomic mass is 32.1. The lowest BCUT2D eigenvalue weighted by Crippen LogP contribution is -2.50. The minimum atomic E-state index is -4.57. The second-order valence-corrected chi connectivity index (χ2v) is 10.3. The SMILES string of the molecule is Cc1cc(Nc2nccc(C(F)(F)F)n2)cc(-c2cnc(C(NC(=N)OC(N)=O)(C3CC3)C3CC3)s2)c1. The van der Waals surface area contributed by atoms with Crippen LogP contribution in [0.2, 0.25) is 0 Å². The molecule has 194 valence electrons. The molecule has 2 aliphatic carbocycles. The Morgan fingerprint density at radius 3 is 2.49 bits per heavy atom. The van der Waals surface area contributed by atoms with Crippen molar-refractivity contribution in [2.24, 2.45) is 17.6 Å². The average Bonchev–Trinajstić information content (AvgIpc) is 3.74. The zero-order chi connectivity index (χ0) is 26.4. The van der Waals surface area contributed by atoms with Gasteiger partial charge in [0, 0.05) is 18.1 Å². The highest BCUT2D eigenvalue weighted by Gasteiger charge is 2.58. The van der Waals surface area contributed by atoms with Crippen LogP contribution in [0.5, 0.6) is 0 Å². The maximum atomic E-state index is 13.0. The van der Waals surface area contributed by atoms with Crippen LogP contribution in [-0.4, -0.2) is 27.1 Å². The zero-order valence-electron chi connectivity index (χ0n) is 19.7. The lowest BCUT2D eigenvalue weighted by Gasteiger charge is -2.34. The van der Waals surface area contributed by atoms with Gasteiger partial charge in [0.25, 0.3) is 6.02 Å². The summed E-state index contributed by atoms with van der Waals surface area (Å²) in [7, 11) is 0. The molecule has 2 saturated carbocycles. The summed E-state index contributed by atoms with van der Waals surface area (Å²) in [6.45, 7) is 1.88. The number of nitrogens with one attached hydrogen (secondary N) is 3. The molecular formula is C24H24F3N7O2S. The summed E-state index contributed by atoms with van der Waals surface area (Å²) in [6.07, 6.45) is 1.07. The Hall–Kier alpha value is -3.74. The van der Waals surface area contributed by atoms with Gasteiger partial charge in [-0.3, -0.25) is 5.41 Å². The molecular weight excluding hydrogens is 507 g/mol. The van der Waals surface area contributed by atoms with Crippen molar-refractivity contribution in [2.45, 2.75) is 44.3 Å². The first-order valence-corrected chi connectivity index (χ1v) is 12.5. The molecule has 0 radical (unpaired) electrons. The van der Waals surface area contributed by atoms with E-state index in [0.29, 0.717) is 5.69 Å². The first-order valence-electron chi connectivity index (χ1n) is 11.6. The zero-order valence-corrected chi connectivity index (χ0v) is 20.5. The van der Waals surface area contributed by atoms with Gasteiger partial charge < -0.3 is 21.1 Å². The van der Waals surface area contributed by atoms with Crippen molar-refractivity contribution in [2.75, 3.05) is 5.32 Å². The Morgan fingerprint density at radius 1 is 1.16 bits per heavy atom. The standard InChI is InChI=1S/C24H24F3N7O2S/c1-12-8-13(10-16(9-12)32-22-30-7-6-18(33-22)24(25,26)27)17-11-31-19(37-17)23(14-2-3-14,15-4-5-15)34-20(28)36-21(29)35/h6-11,14-15H,2-5H2,1H3,(H2,28,34)(H2,29,35)(H,30,32,33). The van der Waals surface area contributed by atoms with Gasteiger partial charge in [-0.05, 0) is 73.8 Å². The van der Waals surface area contributed by atoms with Crippen LogP contribution in [0.1, 0.15) is 41.9 Å². The van der Waals surface area contributed by atoms with Gasteiger partial charge in [0.1, 0.15) is 10.7 Å². The molecule has 2 aromatic heterocycles. The van der Waals surface area contributed by atoms with Crippen LogP contribution < -0.4 is 16.4 Å². The summed E-state index contributed by atoms with van der Waals surface area (Å²) in [5.74, 6) is 0.349. The summed E-state index contributed by atoms with van der Waals surface area (Å²) >= 11 is 1.47. The molecule has 0 unspecified atom stereocenters. The molecule has 2 heterocycles. The number of benzene rings is 1. The Balaban J connectivity index is 1.44. The maximum absolute atomic E-state index is 13.0. The van der Waals surface area contributed by atoms with E-state index in [9.17, 15) is 18.0 Å². The molecule has 0 spiro atoms. The quantitative estimate of drug-likeness (QED) is 0.239. The van der Waals surface area contributed by atoms with Gasteiger partial charge in [-0.25, -0.2) is 19.7 Å². The minimum Gasteiger partial charge on any atom is -0.376 e. The van der Waals surface area contributed by atoms with Crippen LogP contribution in [0, 0.1) is 24.2 Å². The van der Waals surface area contributed by atoms with Crippen molar-refractivity contribution in [1.82, 2.24) is 20.3 Å². The van der Waals surface area contributed by atoms with E-state index in [1.165, 1.54) is 11.3 Å². The normalized spacial score (nSPS) is 15.8. The van der Waals surface area contributed by atoms with Crippen LogP contribution in [-0.2, 0) is 16.5 Å². The third-order valence-electron chi connectivity index (χ3n) is 6.39. The lowest BCUT2D eigenvalue weighted by atomic mass is 9.88. The Bertz CT molecular complexity index is 1340. The van der Waals surface area contributed by atoms with Gasteiger partial charge in [0.15, 0.2) is 0 Å². The predicted molar refractivity (Wildman–Crippen MR) is 131 cm³/mol. The van der Waals surface area contributed by atoms with Gasteiger partial charge in [-0.1, -0.05) is 6.07 Å². The van der Waals surface area contributed by atoms with Crippen molar-refractivity contribution in [3.05, 3.63) is 52.9 Å². The van der Waals surface area contributed by atoms with E-state index in [-0.39, 0.29) is 17.8 Å². The Morgan fingerprint density at radius 2 is 1.86 bits per heavy atom. The van der Waals surface area contributed by atoms with Gasteiger partial charge in [0.2, 0.25) is 5.95 Å².